The highest BCUT2D eigenvalue weighted by molar-refractivity contribution is 7.14. The maximum absolute atomic E-state index is 13.7. The summed E-state index contributed by atoms with van der Waals surface area (Å²) in [4.78, 5) is 22.4. The van der Waals surface area contributed by atoms with Gasteiger partial charge in [-0.05, 0) is 47.7 Å². The molecule has 0 saturated heterocycles. The van der Waals surface area contributed by atoms with E-state index in [0.717, 1.165) is 17.7 Å². The number of aromatic nitrogens is 2. The fraction of sp³-hybridized carbons (Fsp3) is 0.192. The van der Waals surface area contributed by atoms with E-state index in [1.165, 1.54) is 33.6 Å². The molecule has 2 aromatic heterocycles. The van der Waals surface area contributed by atoms with Crippen LogP contribution in [0.4, 0.5) is 5.13 Å². The van der Waals surface area contributed by atoms with Gasteiger partial charge < -0.3 is 5.32 Å². The zero-order valence-electron chi connectivity index (χ0n) is 17.1. The van der Waals surface area contributed by atoms with Gasteiger partial charge in [-0.1, -0.05) is 48.5 Å². The highest BCUT2D eigenvalue weighted by atomic mass is 32.1. The Morgan fingerprint density at radius 3 is 2.23 bits per heavy atom. The Bertz CT molecular complexity index is 1250. The number of rotatable bonds is 3. The van der Waals surface area contributed by atoms with Gasteiger partial charge in [0.2, 0.25) is 5.91 Å². The lowest BCUT2D eigenvalue weighted by molar-refractivity contribution is -0.126. The molecule has 3 aliphatic rings. The van der Waals surface area contributed by atoms with Crippen molar-refractivity contribution in [3.8, 4) is 11.3 Å². The summed E-state index contributed by atoms with van der Waals surface area (Å²) in [6.45, 7) is 2.11. The zero-order chi connectivity index (χ0) is 21.0. The SMILES string of the molecule is CC1(C(=O)Nc2nc(-c3ccncc3)cs2)CC2c3ccccc3C1c1ccccc12. The van der Waals surface area contributed by atoms with Gasteiger partial charge in [-0.15, -0.1) is 11.3 Å². The van der Waals surface area contributed by atoms with Gasteiger partial charge in [-0.2, -0.15) is 0 Å². The summed E-state index contributed by atoms with van der Waals surface area (Å²) < 4.78 is 0. The zero-order valence-corrected chi connectivity index (χ0v) is 17.9. The largest absolute Gasteiger partial charge is 0.301 e. The molecule has 0 saturated carbocycles. The number of anilines is 1. The van der Waals surface area contributed by atoms with E-state index in [9.17, 15) is 4.79 Å². The van der Waals surface area contributed by atoms with Crippen molar-refractivity contribution in [3.05, 3.63) is 101 Å². The molecule has 4 nitrogen and oxygen atoms in total. The Kier molecular flexibility index (Phi) is 4.08. The maximum atomic E-state index is 13.7. The molecule has 1 atom stereocenters. The second-order valence-corrected chi connectivity index (χ2v) is 9.45. The predicted molar refractivity (Wildman–Crippen MR) is 123 cm³/mol. The first kappa shape index (κ1) is 18.5. The molecular formula is C26H21N3OS. The lowest BCUT2D eigenvalue weighted by Gasteiger charge is -2.50. The second kappa shape index (κ2) is 6.86. The first-order valence-corrected chi connectivity index (χ1v) is 11.4. The Morgan fingerprint density at radius 1 is 0.968 bits per heavy atom. The maximum Gasteiger partial charge on any atom is 0.233 e. The third-order valence-corrected chi connectivity index (χ3v) is 7.61. The summed E-state index contributed by atoms with van der Waals surface area (Å²) in [7, 11) is 0. The number of benzene rings is 2. The first-order valence-electron chi connectivity index (χ1n) is 10.5. The molecular weight excluding hydrogens is 402 g/mol. The van der Waals surface area contributed by atoms with E-state index in [1.54, 1.807) is 12.4 Å². The molecule has 0 fully saturated rings. The monoisotopic (exact) mass is 423 g/mol. The van der Waals surface area contributed by atoms with Crippen LogP contribution in [-0.4, -0.2) is 15.9 Å². The first-order chi connectivity index (χ1) is 15.1. The van der Waals surface area contributed by atoms with Crippen molar-refractivity contribution < 1.29 is 4.79 Å². The van der Waals surface area contributed by atoms with Gasteiger partial charge >= 0.3 is 0 Å². The van der Waals surface area contributed by atoms with E-state index in [0.29, 0.717) is 5.13 Å². The van der Waals surface area contributed by atoms with Crippen LogP contribution in [0, 0.1) is 5.41 Å². The predicted octanol–water partition coefficient (Wildman–Crippen LogP) is 5.83. The molecule has 4 aromatic rings. The average molecular weight is 424 g/mol. The van der Waals surface area contributed by atoms with Crippen molar-refractivity contribution in [2.45, 2.75) is 25.2 Å². The van der Waals surface area contributed by atoms with Gasteiger partial charge in [-0.3, -0.25) is 9.78 Å². The highest BCUT2D eigenvalue weighted by Gasteiger charge is 2.53. The quantitative estimate of drug-likeness (QED) is 0.451. The fourth-order valence-electron chi connectivity index (χ4n) is 5.42. The lowest BCUT2D eigenvalue weighted by Crippen LogP contribution is -2.47. The van der Waals surface area contributed by atoms with Crippen LogP contribution in [0.1, 0.15) is 47.4 Å². The number of amides is 1. The van der Waals surface area contributed by atoms with Crippen LogP contribution in [0.3, 0.4) is 0 Å². The number of nitrogens with zero attached hydrogens (tertiary/aromatic N) is 2. The molecule has 0 radical (unpaired) electrons. The number of pyridine rings is 1. The minimum absolute atomic E-state index is 0.0436. The molecule has 3 aliphatic carbocycles. The number of thiazole rings is 1. The van der Waals surface area contributed by atoms with Crippen molar-refractivity contribution in [1.29, 1.82) is 0 Å². The second-order valence-electron chi connectivity index (χ2n) is 8.59. The van der Waals surface area contributed by atoms with Crippen molar-refractivity contribution >= 4 is 22.4 Å². The molecule has 0 aliphatic heterocycles. The Labute approximate surface area is 185 Å². The minimum Gasteiger partial charge on any atom is -0.301 e. The number of carbonyl (C=O) groups excluding carboxylic acids is 1. The van der Waals surface area contributed by atoms with Crippen molar-refractivity contribution in [3.63, 3.8) is 0 Å². The molecule has 0 spiro atoms. The number of hydrogen-bond acceptors (Lipinski definition) is 4. The minimum atomic E-state index is -0.532. The van der Waals surface area contributed by atoms with Crippen molar-refractivity contribution in [1.82, 2.24) is 9.97 Å². The van der Waals surface area contributed by atoms with Gasteiger partial charge in [0, 0.05) is 35.2 Å². The van der Waals surface area contributed by atoms with E-state index in [2.05, 4.69) is 70.7 Å². The number of fused-ring (bicyclic) bond motifs is 1. The summed E-state index contributed by atoms with van der Waals surface area (Å²) in [6, 6.07) is 21.1. The van der Waals surface area contributed by atoms with Crippen LogP contribution in [-0.2, 0) is 4.79 Å². The Hall–Kier alpha value is -3.31. The van der Waals surface area contributed by atoms with Gasteiger partial charge in [0.25, 0.3) is 0 Å². The summed E-state index contributed by atoms with van der Waals surface area (Å²) >= 11 is 1.46. The lowest BCUT2D eigenvalue weighted by atomic mass is 9.52. The smallest absolute Gasteiger partial charge is 0.233 e. The van der Waals surface area contributed by atoms with Crippen LogP contribution >= 0.6 is 11.3 Å². The van der Waals surface area contributed by atoms with Gasteiger partial charge in [0.1, 0.15) is 0 Å². The third kappa shape index (κ3) is 2.77. The fourth-order valence-corrected chi connectivity index (χ4v) is 6.13. The van der Waals surface area contributed by atoms with Gasteiger partial charge in [0.15, 0.2) is 5.13 Å². The number of carbonyl (C=O) groups is 1. The Balaban J connectivity index is 1.36. The molecule has 152 valence electrons. The Morgan fingerprint density at radius 2 is 1.58 bits per heavy atom. The van der Waals surface area contributed by atoms with Gasteiger partial charge in [0.05, 0.1) is 11.1 Å². The molecule has 31 heavy (non-hydrogen) atoms. The molecule has 7 rings (SSSR count). The molecule has 2 heterocycles. The van der Waals surface area contributed by atoms with Gasteiger partial charge in [-0.25, -0.2) is 4.98 Å². The van der Waals surface area contributed by atoms with Crippen LogP contribution in [0.25, 0.3) is 11.3 Å². The van der Waals surface area contributed by atoms with E-state index < -0.39 is 5.41 Å². The molecule has 1 unspecified atom stereocenters. The van der Waals surface area contributed by atoms with E-state index >= 15 is 0 Å². The summed E-state index contributed by atoms with van der Waals surface area (Å²) in [5, 5.41) is 5.76. The van der Waals surface area contributed by atoms with E-state index in [1.807, 2.05) is 17.5 Å². The highest BCUT2D eigenvalue weighted by Crippen LogP contribution is 2.61. The molecule has 2 bridgehead atoms. The molecule has 2 aromatic carbocycles. The van der Waals surface area contributed by atoms with E-state index in [4.69, 9.17) is 0 Å². The number of nitrogens with one attached hydrogen (secondary N) is 1. The normalized spacial score (nSPS) is 23.1. The van der Waals surface area contributed by atoms with Crippen LogP contribution in [0.15, 0.2) is 78.4 Å². The third-order valence-electron chi connectivity index (χ3n) is 6.85. The van der Waals surface area contributed by atoms with Crippen LogP contribution in [0.2, 0.25) is 0 Å². The van der Waals surface area contributed by atoms with Crippen molar-refractivity contribution in [2.75, 3.05) is 5.32 Å². The summed E-state index contributed by atoms with van der Waals surface area (Å²) in [6.07, 6.45) is 4.31. The summed E-state index contributed by atoms with van der Waals surface area (Å²) in [5.74, 6) is 0.337. The number of hydrogen-bond donors (Lipinski definition) is 1. The molecule has 1 amide bonds. The van der Waals surface area contributed by atoms with Crippen LogP contribution in [0.5, 0.6) is 0 Å². The van der Waals surface area contributed by atoms with E-state index in [-0.39, 0.29) is 17.7 Å². The standard InChI is InChI=1S/C26H21N3OS/c1-26(24(30)29-25-28-22(15-31-25)16-10-12-27-13-11-16)14-21-17-6-2-4-8-19(17)23(26)20-9-5-3-7-18(20)21/h2-13,15,21,23H,14H2,1H3,(H,28,29,30). The topological polar surface area (TPSA) is 54.9 Å². The van der Waals surface area contributed by atoms with Crippen molar-refractivity contribution in [2.24, 2.45) is 5.41 Å². The van der Waals surface area contributed by atoms with Crippen LogP contribution < -0.4 is 5.32 Å². The molecule has 1 N–H and O–H groups in total. The summed E-state index contributed by atoms with van der Waals surface area (Å²) in [5.41, 5.74) is 6.62. The molecule has 5 heteroatoms. The average Bonchev–Trinajstić information content (AvgIpc) is 3.28.